The van der Waals surface area contributed by atoms with Crippen LogP contribution in [0.2, 0.25) is 0 Å². The van der Waals surface area contributed by atoms with Crippen molar-refractivity contribution in [3.8, 4) is 0 Å². The van der Waals surface area contributed by atoms with Gasteiger partial charge in [0.1, 0.15) is 4.21 Å². The van der Waals surface area contributed by atoms with Crippen LogP contribution < -0.4 is 10.5 Å². The summed E-state index contributed by atoms with van der Waals surface area (Å²) in [5, 5.41) is 0. The van der Waals surface area contributed by atoms with Gasteiger partial charge in [-0.3, -0.25) is 4.99 Å². The number of nitrogens with two attached hydrogens (primary N) is 1. The van der Waals surface area contributed by atoms with E-state index in [-0.39, 0.29) is 30.5 Å². The molecule has 0 aliphatic carbocycles. The van der Waals surface area contributed by atoms with Crippen LogP contribution in [-0.2, 0) is 14.8 Å². The minimum Gasteiger partial charge on any atom is -0.378 e. The van der Waals surface area contributed by atoms with Gasteiger partial charge in [0.25, 0.3) is 0 Å². The van der Waals surface area contributed by atoms with Crippen LogP contribution in [0.25, 0.3) is 0 Å². The number of morpholine rings is 1. The molecule has 0 bridgehead atoms. The predicted octanol–water partition coefficient (Wildman–Crippen LogP) is 0.600. The van der Waals surface area contributed by atoms with Crippen LogP contribution >= 0.6 is 35.3 Å². The second-order valence-corrected chi connectivity index (χ2v) is 7.88. The Balaban J connectivity index is 0.00000242. The molecule has 0 spiro atoms. The topological polar surface area (TPSA) is 97.0 Å². The van der Waals surface area contributed by atoms with Crippen LogP contribution in [0.5, 0.6) is 0 Å². The van der Waals surface area contributed by atoms with Gasteiger partial charge in [0.15, 0.2) is 5.96 Å². The number of ether oxygens (including phenoxy) is 1. The van der Waals surface area contributed by atoms with Gasteiger partial charge < -0.3 is 15.4 Å². The Morgan fingerprint density at radius 2 is 2.14 bits per heavy atom. The SMILES string of the molecule is Cc1ccc(S(=O)(=O)NCCN=C(N)N2CCOCC2)s1.I. The summed E-state index contributed by atoms with van der Waals surface area (Å²) in [4.78, 5) is 7.09. The first-order valence-electron chi connectivity index (χ1n) is 6.68. The van der Waals surface area contributed by atoms with E-state index >= 15 is 0 Å². The number of nitrogens with zero attached hydrogens (tertiary/aromatic N) is 2. The van der Waals surface area contributed by atoms with Gasteiger partial charge in [0.05, 0.1) is 19.8 Å². The Bertz CT molecular complexity index is 597. The number of aryl methyl sites for hydroxylation is 1. The third kappa shape index (κ3) is 5.65. The lowest BCUT2D eigenvalue weighted by molar-refractivity contribution is 0.0674. The molecule has 10 heteroatoms. The lowest BCUT2D eigenvalue weighted by Crippen LogP contribution is -2.45. The van der Waals surface area contributed by atoms with E-state index in [1.54, 1.807) is 12.1 Å². The molecule has 7 nitrogen and oxygen atoms in total. The van der Waals surface area contributed by atoms with Gasteiger partial charge in [-0.1, -0.05) is 0 Å². The number of thiophene rings is 1. The van der Waals surface area contributed by atoms with E-state index in [1.807, 2.05) is 11.8 Å². The largest absolute Gasteiger partial charge is 0.378 e. The van der Waals surface area contributed by atoms with Gasteiger partial charge in [-0.2, -0.15) is 0 Å². The van der Waals surface area contributed by atoms with Crippen molar-refractivity contribution in [3.63, 3.8) is 0 Å². The van der Waals surface area contributed by atoms with E-state index in [9.17, 15) is 8.42 Å². The van der Waals surface area contributed by atoms with Crippen LogP contribution in [0, 0.1) is 6.92 Å². The average Bonchev–Trinajstić information content (AvgIpc) is 2.92. The smallest absolute Gasteiger partial charge is 0.250 e. The molecule has 0 atom stereocenters. The third-order valence-corrected chi connectivity index (χ3v) is 5.95. The second kappa shape index (κ2) is 9.01. The molecule has 126 valence electrons. The zero-order valence-electron chi connectivity index (χ0n) is 12.3. The summed E-state index contributed by atoms with van der Waals surface area (Å²) in [6.07, 6.45) is 0. The minimum absolute atomic E-state index is 0. The van der Waals surface area contributed by atoms with Crippen LogP contribution in [0.15, 0.2) is 21.3 Å². The second-order valence-electron chi connectivity index (χ2n) is 4.60. The van der Waals surface area contributed by atoms with Crippen LogP contribution in [0.4, 0.5) is 0 Å². The molecule has 1 saturated heterocycles. The highest BCUT2D eigenvalue weighted by Crippen LogP contribution is 2.19. The maximum atomic E-state index is 12.0. The zero-order valence-corrected chi connectivity index (χ0v) is 16.3. The fraction of sp³-hybridized carbons (Fsp3) is 0.583. The molecule has 1 aromatic rings. The van der Waals surface area contributed by atoms with Gasteiger partial charge in [-0.25, -0.2) is 13.1 Å². The molecule has 1 aliphatic heterocycles. The number of hydrogen-bond donors (Lipinski definition) is 2. The molecule has 2 rings (SSSR count). The summed E-state index contributed by atoms with van der Waals surface area (Å²) < 4.78 is 32.0. The maximum absolute atomic E-state index is 12.0. The summed E-state index contributed by atoms with van der Waals surface area (Å²) in [6.45, 7) is 5.13. The standard InChI is InChI=1S/C12H20N4O3S2.HI/c1-10-2-3-11(20-10)21(17,18)15-5-4-14-12(13)16-6-8-19-9-7-16;/h2-3,15H,4-9H2,1H3,(H2,13,14);1H. The number of nitrogens with one attached hydrogen (secondary N) is 1. The number of halogens is 1. The fourth-order valence-electron chi connectivity index (χ4n) is 1.87. The summed E-state index contributed by atoms with van der Waals surface area (Å²) in [5.41, 5.74) is 5.86. The van der Waals surface area contributed by atoms with Gasteiger partial charge in [0, 0.05) is 24.5 Å². The predicted molar refractivity (Wildman–Crippen MR) is 98.5 cm³/mol. The van der Waals surface area contributed by atoms with E-state index in [1.165, 1.54) is 11.3 Å². The number of aliphatic imine (C=N–C) groups is 1. The van der Waals surface area contributed by atoms with Crippen molar-refractivity contribution in [2.24, 2.45) is 10.7 Å². The van der Waals surface area contributed by atoms with Crippen molar-refractivity contribution < 1.29 is 13.2 Å². The minimum atomic E-state index is -3.44. The highest BCUT2D eigenvalue weighted by atomic mass is 127. The molecule has 1 aromatic heterocycles. The lowest BCUT2D eigenvalue weighted by atomic mass is 10.4. The quantitative estimate of drug-likeness (QED) is 0.290. The number of sulfonamides is 1. The molecule has 22 heavy (non-hydrogen) atoms. The van der Waals surface area contributed by atoms with E-state index in [2.05, 4.69) is 9.71 Å². The Hall–Kier alpha value is -0.430. The van der Waals surface area contributed by atoms with E-state index in [0.29, 0.717) is 29.9 Å². The van der Waals surface area contributed by atoms with Crippen molar-refractivity contribution in [2.45, 2.75) is 11.1 Å². The monoisotopic (exact) mass is 460 g/mol. The van der Waals surface area contributed by atoms with Gasteiger partial charge in [0.2, 0.25) is 10.0 Å². The Morgan fingerprint density at radius 1 is 1.45 bits per heavy atom. The average molecular weight is 460 g/mol. The molecule has 1 aliphatic rings. The molecule has 0 saturated carbocycles. The molecule has 1 fully saturated rings. The summed E-state index contributed by atoms with van der Waals surface area (Å²) in [6, 6.07) is 3.39. The highest BCUT2D eigenvalue weighted by Gasteiger charge is 2.15. The first-order chi connectivity index (χ1) is 9.99. The van der Waals surface area contributed by atoms with Gasteiger partial charge in [-0.05, 0) is 19.1 Å². The molecule has 0 unspecified atom stereocenters. The first-order valence-corrected chi connectivity index (χ1v) is 8.98. The van der Waals surface area contributed by atoms with Gasteiger partial charge in [-0.15, -0.1) is 35.3 Å². The maximum Gasteiger partial charge on any atom is 0.250 e. The molecule has 0 radical (unpaired) electrons. The van der Waals surface area contributed by atoms with E-state index < -0.39 is 10.0 Å². The molecule has 0 amide bonds. The van der Waals surface area contributed by atoms with Crippen molar-refractivity contribution >= 4 is 51.3 Å². The van der Waals surface area contributed by atoms with Crippen LogP contribution in [0.1, 0.15) is 4.88 Å². The highest BCUT2D eigenvalue weighted by molar-refractivity contribution is 14.0. The fourth-order valence-corrected chi connectivity index (χ4v) is 4.22. The number of rotatable bonds is 5. The van der Waals surface area contributed by atoms with Crippen LogP contribution in [0.3, 0.4) is 0 Å². The van der Waals surface area contributed by atoms with Crippen molar-refractivity contribution in [2.75, 3.05) is 39.4 Å². The lowest BCUT2D eigenvalue weighted by Gasteiger charge is -2.27. The summed E-state index contributed by atoms with van der Waals surface area (Å²) in [5.74, 6) is 0.435. The third-order valence-electron chi connectivity index (χ3n) is 2.99. The van der Waals surface area contributed by atoms with E-state index in [4.69, 9.17) is 10.5 Å². The molecule has 3 N–H and O–H groups in total. The van der Waals surface area contributed by atoms with Gasteiger partial charge >= 0.3 is 0 Å². The molecular weight excluding hydrogens is 439 g/mol. The van der Waals surface area contributed by atoms with Crippen molar-refractivity contribution in [1.82, 2.24) is 9.62 Å². The first kappa shape index (κ1) is 19.6. The number of hydrogen-bond acceptors (Lipinski definition) is 5. The summed E-state index contributed by atoms with van der Waals surface area (Å²) >= 11 is 1.25. The van der Waals surface area contributed by atoms with Crippen molar-refractivity contribution in [1.29, 1.82) is 0 Å². The van der Waals surface area contributed by atoms with Crippen molar-refractivity contribution in [3.05, 3.63) is 17.0 Å². The molecule has 0 aromatic carbocycles. The molecule has 2 heterocycles. The Morgan fingerprint density at radius 3 is 2.73 bits per heavy atom. The molecular formula is C12H21IN4O3S2. The number of guanidine groups is 1. The van der Waals surface area contributed by atoms with Crippen LogP contribution in [-0.4, -0.2) is 58.7 Å². The Labute approximate surface area is 152 Å². The summed E-state index contributed by atoms with van der Waals surface area (Å²) in [7, 11) is -3.44. The zero-order chi connectivity index (χ0) is 15.3. The Kier molecular flexibility index (Phi) is 8.03. The normalized spacial score (nSPS) is 16.4. The van der Waals surface area contributed by atoms with E-state index in [0.717, 1.165) is 18.0 Å².